The Hall–Kier alpha value is -2.30. The highest BCUT2D eigenvalue weighted by Gasteiger charge is 2.27. The molecule has 0 unspecified atom stereocenters. The van der Waals surface area contributed by atoms with Crippen molar-refractivity contribution in [1.82, 2.24) is 4.90 Å². The molecule has 1 saturated heterocycles. The summed E-state index contributed by atoms with van der Waals surface area (Å²) in [4.78, 5) is 25.9. The molecule has 1 aromatic heterocycles. The number of para-hydroxylation sites is 1. The third-order valence-corrected chi connectivity index (χ3v) is 3.68. The maximum atomic E-state index is 12.1. The van der Waals surface area contributed by atoms with Crippen LogP contribution in [0.1, 0.15) is 30.3 Å². The number of esters is 1. The third-order valence-electron chi connectivity index (χ3n) is 3.68. The topological polar surface area (TPSA) is 59.8 Å². The number of carbonyl (C=O) groups is 2. The van der Waals surface area contributed by atoms with Gasteiger partial charge in [0.15, 0.2) is 6.10 Å². The number of furan rings is 1. The third kappa shape index (κ3) is 2.77. The van der Waals surface area contributed by atoms with E-state index in [0.29, 0.717) is 5.58 Å². The first-order valence-corrected chi connectivity index (χ1v) is 7.13. The lowest BCUT2D eigenvalue weighted by molar-refractivity contribution is -0.138. The predicted octanol–water partition coefficient (Wildman–Crippen LogP) is 2.60. The molecule has 1 aliphatic heterocycles. The number of carbonyl (C=O) groups excluding carboxylic acids is 2. The first-order chi connectivity index (χ1) is 10.1. The van der Waals surface area contributed by atoms with Crippen molar-refractivity contribution in [2.45, 2.75) is 25.9 Å². The largest absolute Gasteiger partial charge is 0.449 e. The molecular weight excluding hydrogens is 270 g/mol. The average molecular weight is 287 g/mol. The fraction of sp³-hybridized carbons (Fsp3) is 0.375. The second kappa shape index (κ2) is 5.60. The minimum Gasteiger partial charge on any atom is -0.449 e. The first-order valence-electron chi connectivity index (χ1n) is 7.13. The van der Waals surface area contributed by atoms with E-state index in [0.717, 1.165) is 31.3 Å². The number of hydrogen-bond acceptors (Lipinski definition) is 4. The van der Waals surface area contributed by atoms with Crippen LogP contribution in [-0.2, 0) is 9.53 Å². The van der Waals surface area contributed by atoms with E-state index >= 15 is 0 Å². The summed E-state index contributed by atoms with van der Waals surface area (Å²) >= 11 is 0. The van der Waals surface area contributed by atoms with E-state index in [1.54, 1.807) is 24.0 Å². The summed E-state index contributed by atoms with van der Waals surface area (Å²) in [7, 11) is 0. The van der Waals surface area contributed by atoms with Gasteiger partial charge in [0.05, 0.1) is 0 Å². The summed E-state index contributed by atoms with van der Waals surface area (Å²) in [5.74, 6) is -0.625. The quantitative estimate of drug-likeness (QED) is 0.814. The molecule has 0 spiro atoms. The van der Waals surface area contributed by atoms with Gasteiger partial charge in [-0.05, 0) is 31.9 Å². The molecule has 21 heavy (non-hydrogen) atoms. The van der Waals surface area contributed by atoms with Crippen LogP contribution < -0.4 is 0 Å². The van der Waals surface area contributed by atoms with E-state index < -0.39 is 12.1 Å². The second-order valence-electron chi connectivity index (χ2n) is 5.23. The van der Waals surface area contributed by atoms with Crippen molar-refractivity contribution in [2.24, 2.45) is 0 Å². The highest BCUT2D eigenvalue weighted by Crippen LogP contribution is 2.20. The summed E-state index contributed by atoms with van der Waals surface area (Å²) in [5, 5.41) is 0.836. The van der Waals surface area contributed by atoms with Crippen molar-refractivity contribution < 1.29 is 18.7 Å². The summed E-state index contributed by atoms with van der Waals surface area (Å²) < 4.78 is 10.7. The SMILES string of the molecule is C[C@@H](OC(=O)c1cc2ccccc2o1)C(=O)N1CCCC1. The van der Waals surface area contributed by atoms with Crippen LogP contribution in [0, 0.1) is 0 Å². The number of nitrogens with zero attached hydrogens (tertiary/aromatic N) is 1. The number of amides is 1. The Morgan fingerprint density at radius 1 is 1.24 bits per heavy atom. The van der Waals surface area contributed by atoms with E-state index in [1.165, 1.54) is 0 Å². The summed E-state index contributed by atoms with van der Waals surface area (Å²) in [6.45, 7) is 3.08. The molecule has 0 bridgehead atoms. The number of likely N-dealkylation sites (tertiary alicyclic amines) is 1. The normalized spacial score (nSPS) is 16.1. The van der Waals surface area contributed by atoms with Gasteiger partial charge in [-0.3, -0.25) is 4.79 Å². The van der Waals surface area contributed by atoms with Crippen LogP contribution in [0.2, 0.25) is 0 Å². The van der Waals surface area contributed by atoms with Gasteiger partial charge in [0, 0.05) is 18.5 Å². The molecule has 0 saturated carbocycles. The Morgan fingerprint density at radius 3 is 2.67 bits per heavy atom. The number of ether oxygens (including phenoxy) is 1. The Kier molecular flexibility index (Phi) is 3.64. The van der Waals surface area contributed by atoms with Crippen molar-refractivity contribution in [1.29, 1.82) is 0 Å². The maximum Gasteiger partial charge on any atom is 0.375 e. The Bertz CT molecular complexity index is 637. The van der Waals surface area contributed by atoms with Gasteiger partial charge in [-0.1, -0.05) is 18.2 Å². The Morgan fingerprint density at radius 2 is 1.95 bits per heavy atom. The Balaban J connectivity index is 1.68. The van der Waals surface area contributed by atoms with Crippen LogP contribution >= 0.6 is 0 Å². The van der Waals surface area contributed by atoms with E-state index in [4.69, 9.17) is 9.15 Å². The van der Waals surface area contributed by atoms with Gasteiger partial charge < -0.3 is 14.1 Å². The number of fused-ring (bicyclic) bond motifs is 1. The molecule has 2 heterocycles. The number of rotatable bonds is 3. The van der Waals surface area contributed by atoms with Crippen LogP contribution in [0.4, 0.5) is 0 Å². The van der Waals surface area contributed by atoms with Crippen LogP contribution in [0.3, 0.4) is 0 Å². The second-order valence-corrected chi connectivity index (χ2v) is 5.23. The molecule has 5 heteroatoms. The van der Waals surface area contributed by atoms with Gasteiger partial charge in [-0.25, -0.2) is 4.79 Å². The summed E-state index contributed by atoms with van der Waals surface area (Å²) in [5.41, 5.74) is 0.628. The molecule has 2 aromatic rings. The molecule has 0 N–H and O–H groups in total. The van der Waals surface area contributed by atoms with Gasteiger partial charge in [0.25, 0.3) is 5.91 Å². The molecule has 1 aromatic carbocycles. The van der Waals surface area contributed by atoms with Gasteiger partial charge in [0.2, 0.25) is 5.76 Å². The minimum atomic E-state index is -0.788. The molecule has 5 nitrogen and oxygen atoms in total. The van der Waals surface area contributed by atoms with Gasteiger partial charge in [-0.15, -0.1) is 0 Å². The molecule has 1 fully saturated rings. The van der Waals surface area contributed by atoms with Crippen molar-refractivity contribution in [2.75, 3.05) is 13.1 Å². The Labute approximate surface area is 122 Å². The average Bonchev–Trinajstić information content (AvgIpc) is 3.15. The highest BCUT2D eigenvalue weighted by atomic mass is 16.6. The van der Waals surface area contributed by atoms with E-state index in [9.17, 15) is 9.59 Å². The fourth-order valence-electron chi connectivity index (χ4n) is 2.55. The van der Waals surface area contributed by atoms with Gasteiger partial charge in [0.1, 0.15) is 5.58 Å². The molecule has 1 atom stereocenters. The molecule has 3 rings (SSSR count). The highest BCUT2D eigenvalue weighted by molar-refractivity contribution is 5.94. The zero-order valence-corrected chi connectivity index (χ0v) is 11.9. The number of benzene rings is 1. The fourth-order valence-corrected chi connectivity index (χ4v) is 2.55. The van der Waals surface area contributed by atoms with Crippen molar-refractivity contribution in [3.63, 3.8) is 0 Å². The smallest absolute Gasteiger partial charge is 0.375 e. The molecule has 1 amide bonds. The van der Waals surface area contributed by atoms with Crippen LogP contribution in [0.25, 0.3) is 11.0 Å². The van der Waals surface area contributed by atoms with Crippen molar-refractivity contribution in [3.05, 3.63) is 36.1 Å². The zero-order valence-electron chi connectivity index (χ0n) is 11.9. The van der Waals surface area contributed by atoms with E-state index in [2.05, 4.69) is 0 Å². The monoisotopic (exact) mass is 287 g/mol. The lowest BCUT2D eigenvalue weighted by atomic mass is 10.2. The molecule has 0 radical (unpaired) electrons. The van der Waals surface area contributed by atoms with E-state index in [-0.39, 0.29) is 11.7 Å². The van der Waals surface area contributed by atoms with Gasteiger partial charge in [-0.2, -0.15) is 0 Å². The standard InChI is InChI=1S/C16H17NO4/c1-11(15(18)17-8-4-5-9-17)20-16(19)14-10-12-6-2-3-7-13(12)21-14/h2-3,6-7,10-11H,4-5,8-9H2,1H3/t11-/m1/s1. The van der Waals surface area contributed by atoms with Crippen LogP contribution in [0.5, 0.6) is 0 Å². The molecule has 1 aliphatic rings. The lowest BCUT2D eigenvalue weighted by Gasteiger charge is -2.19. The lowest BCUT2D eigenvalue weighted by Crippen LogP contribution is -2.38. The van der Waals surface area contributed by atoms with Gasteiger partial charge >= 0.3 is 5.97 Å². The molecule has 0 aliphatic carbocycles. The van der Waals surface area contributed by atoms with Crippen LogP contribution in [-0.4, -0.2) is 36.0 Å². The maximum absolute atomic E-state index is 12.1. The number of hydrogen-bond donors (Lipinski definition) is 0. The molecule has 110 valence electrons. The predicted molar refractivity (Wildman–Crippen MR) is 76.9 cm³/mol. The van der Waals surface area contributed by atoms with Crippen LogP contribution in [0.15, 0.2) is 34.7 Å². The molecular formula is C16H17NO4. The van der Waals surface area contributed by atoms with E-state index in [1.807, 2.05) is 18.2 Å². The first kappa shape index (κ1) is 13.7. The van der Waals surface area contributed by atoms with Crippen molar-refractivity contribution in [3.8, 4) is 0 Å². The summed E-state index contributed by atoms with van der Waals surface area (Å²) in [6, 6.07) is 8.97. The zero-order chi connectivity index (χ0) is 14.8. The van der Waals surface area contributed by atoms with Crippen molar-refractivity contribution >= 4 is 22.8 Å². The minimum absolute atomic E-state index is 0.122. The summed E-state index contributed by atoms with van der Waals surface area (Å²) in [6.07, 6.45) is 1.23.